The molecule has 2 aromatic carbocycles. The number of piperidine rings is 1. The monoisotopic (exact) mass is 400 g/mol. The molecule has 148 valence electrons. The van der Waals surface area contributed by atoms with E-state index in [2.05, 4.69) is 5.32 Å². The zero-order chi connectivity index (χ0) is 20.1. The quantitative estimate of drug-likeness (QED) is 0.831. The number of carbonyl (C=O) groups excluding carboxylic acids is 2. The van der Waals surface area contributed by atoms with Gasteiger partial charge in [-0.25, -0.2) is 0 Å². The van der Waals surface area contributed by atoms with Gasteiger partial charge in [0.15, 0.2) is 6.61 Å². The Morgan fingerprint density at radius 2 is 1.75 bits per heavy atom. The molecule has 0 radical (unpaired) electrons. The van der Waals surface area contributed by atoms with Crippen LogP contribution >= 0.6 is 11.6 Å². The fraction of sp³-hybridized carbons (Fsp3) is 0.364. The third-order valence-electron chi connectivity index (χ3n) is 5.08. The van der Waals surface area contributed by atoms with Crippen LogP contribution in [0.4, 0.5) is 0 Å². The molecule has 0 saturated carbocycles. The van der Waals surface area contributed by atoms with Gasteiger partial charge in [0.2, 0.25) is 0 Å². The van der Waals surface area contributed by atoms with Crippen LogP contribution in [0.25, 0.3) is 0 Å². The van der Waals surface area contributed by atoms with Crippen LogP contribution in [0.15, 0.2) is 42.5 Å². The average molecular weight is 401 g/mol. The van der Waals surface area contributed by atoms with Crippen molar-refractivity contribution in [3.05, 3.63) is 64.2 Å². The van der Waals surface area contributed by atoms with E-state index in [9.17, 15) is 9.59 Å². The van der Waals surface area contributed by atoms with Gasteiger partial charge >= 0.3 is 0 Å². The molecule has 0 unspecified atom stereocenters. The number of hydrogen-bond donors (Lipinski definition) is 1. The predicted molar refractivity (Wildman–Crippen MR) is 110 cm³/mol. The Hall–Kier alpha value is -2.53. The van der Waals surface area contributed by atoms with Crippen molar-refractivity contribution in [1.29, 1.82) is 0 Å². The minimum atomic E-state index is -0.158. The normalized spacial score (nSPS) is 14.6. The van der Waals surface area contributed by atoms with Gasteiger partial charge in [0.1, 0.15) is 5.75 Å². The third-order valence-corrected chi connectivity index (χ3v) is 5.34. The molecule has 1 fully saturated rings. The smallest absolute Gasteiger partial charge is 0.258 e. The van der Waals surface area contributed by atoms with Crippen molar-refractivity contribution < 1.29 is 14.3 Å². The maximum atomic E-state index is 12.7. The molecule has 1 heterocycles. The van der Waals surface area contributed by atoms with E-state index in [4.69, 9.17) is 16.3 Å². The molecular formula is C22H25ClN2O3. The first kappa shape index (κ1) is 20.2. The van der Waals surface area contributed by atoms with E-state index >= 15 is 0 Å². The minimum Gasteiger partial charge on any atom is -0.484 e. The number of benzene rings is 2. The molecule has 3 rings (SSSR count). The second kappa shape index (κ2) is 9.11. The summed E-state index contributed by atoms with van der Waals surface area (Å²) in [7, 11) is 0. The topological polar surface area (TPSA) is 58.6 Å². The molecule has 2 aromatic rings. The van der Waals surface area contributed by atoms with Crippen LogP contribution in [0.2, 0.25) is 5.02 Å². The highest BCUT2D eigenvalue weighted by molar-refractivity contribution is 6.30. The summed E-state index contributed by atoms with van der Waals surface area (Å²) < 4.78 is 5.47. The summed E-state index contributed by atoms with van der Waals surface area (Å²) in [5.41, 5.74) is 3.02. The molecule has 0 aliphatic carbocycles. The van der Waals surface area contributed by atoms with Gasteiger partial charge in [0.05, 0.1) is 0 Å². The highest BCUT2D eigenvalue weighted by Gasteiger charge is 2.24. The van der Waals surface area contributed by atoms with Gasteiger partial charge in [-0.15, -0.1) is 0 Å². The fourth-order valence-corrected chi connectivity index (χ4v) is 3.36. The standard InChI is InChI=1S/C22H25ClN2O3/c1-15-3-4-17(13-16(15)2)22(27)25-11-9-19(10-12-25)24-21(26)14-28-20-7-5-18(23)6-8-20/h3-8,13,19H,9-12,14H2,1-2H3,(H,24,26). The Bertz CT molecular complexity index is 843. The van der Waals surface area contributed by atoms with Gasteiger partial charge in [0.25, 0.3) is 11.8 Å². The maximum absolute atomic E-state index is 12.7. The summed E-state index contributed by atoms with van der Waals surface area (Å²) in [6.07, 6.45) is 1.48. The number of halogens is 1. The number of nitrogens with one attached hydrogen (secondary N) is 1. The summed E-state index contributed by atoms with van der Waals surface area (Å²) in [5.74, 6) is 0.501. The highest BCUT2D eigenvalue weighted by Crippen LogP contribution is 2.17. The molecule has 28 heavy (non-hydrogen) atoms. The number of amides is 2. The molecule has 5 nitrogen and oxygen atoms in total. The number of hydrogen-bond acceptors (Lipinski definition) is 3. The van der Waals surface area contributed by atoms with Gasteiger partial charge in [-0.3, -0.25) is 9.59 Å². The molecule has 2 amide bonds. The van der Waals surface area contributed by atoms with Gasteiger partial charge in [-0.1, -0.05) is 17.7 Å². The number of ether oxygens (including phenoxy) is 1. The molecule has 0 bridgehead atoms. The Kier molecular flexibility index (Phi) is 6.57. The van der Waals surface area contributed by atoms with Crippen LogP contribution in [-0.4, -0.2) is 42.5 Å². The number of rotatable bonds is 5. The minimum absolute atomic E-state index is 0.0383. The number of nitrogens with zero attached hydrogens (tertiary/aromatic N) is 1. The van der Waals surface area contributed by atoms with Crippen molar-refractivity contribution in [2.24, 2.45) is 0 Å². The second-order valence-corrected chi connectivity index (χ2v) is 7.61. The lowest BCUT2D eigenvalue weighted by Crippen LogP contribution is -2.47. The van der Waals surface area contributed by atoms with Gasteiger partial charge in [-0.2, -0.15) is 0 Å². The number of aryl methyl sites for hydroxylation is 2. The first-order valence-corrected chi connectivity index (χ1v) is 9.84. The summed E-state index contributed by atoms with van der Waals surface area (Å²) in [5, 5.41) is 3.61. The molecule has 6 heteroatoms. The van der Waals surface area contributed by atoms with Crippen LogP contribution in [0.1, 0.15) is 34.3 Å². The van der Waals surface area contributed by atoms with Crippen molar-refractivity contribution in [2.45, 2.75) is 32.7 Å². The second-order valence-electron chi connectivity index (χ2n) is 7.18. The van der Waals surface area contributed by atoms with Gasteiger partial charge in [-0.05, 0) is 74.2 Å². The number of likely N-dealkylation sites (tertiary alicyclic amines) is 1. The highest BCUT2D eigenvalue weighted by atomic mass is 35.5. The van der Waals surface area contributed by atoms with E-state index in [1.54, 1.807) is 24.3 Å². The van der Waals surface area contributed by atoms with Crippen molar-refractivity contribution in [3.63, 3.8) is 0 Å². The SMILES string of the molecule is Cc1ccc(C(=O)N2CCC(NC(=O)COc3ccc(Cl)cc3)CC2)cc1C. The van der Waals surface area contributed by atoms with Crippen LogP contribution < -0.4 is 10.1 Å². The average Bonchev–Trinajstić information content (AvgIpc) is 2.70. The maximum Gasteiger partial charge on any atom is 0.258 e. The Morgan fingerprint density at radius 1 is 1.07 bits per heavy atom. The summed E-state index contributed by atoms with van der Waals surface area (Å²) in [6.45, 7) is 5.28. The number of carbonyl (C=O) groups is 2. The Balaban J connectivity index is 1.44. The van der Waals surface area contributed by atoms with E-state index in [1.165, 1.54) is 5.56 Å². The lowest BCUT2D eigenvalue weighted by Gasteiger charge is -2.32. The molecule has 0 spiro atoms. The molecule has 1 saturated heterocycles. The van der Waals surface area contributed by atoms with Gasteiger partial charge in [0, 0.05) is 29.7 Å². The van der Waals surface area contributed by atoms with Crippen LogP contribution in [0.3, 0.4) is 0 Å². The van der Waals surface area contributed by atoms with Crippen LogP contribution in [0, 0.1) is 13.8 Å². The van der Waals surface area contributed by atoms with E-state index < -0.39 is 0 Å². The predicted octanol–water partition coefficient (Wildman–Crippen LogP) is 3.76. The molecular weight excluding hydrogens is 376 g/mol. The molecule has 0 aromatic heterocycles. The van der Waals surface area contributed by atoms with Crippen LogP contribution in [-0.2, 0) is 4.79 Å². The van der Waals surface area contributed by atoms with E-state index in [-0.39, 0.29) is 24.5 Å². The van der Waals surface area contributed by atoms with Crippen molar-refractivity contribution >= 4 is 23.4 Å². The molecule has 1 aliphatic heterocycles. The lowest BCUT2D eigenvalue weighted by molar-refractivity contribution is -0.124. The molecule has 1 aliphatic rings. The molecule has 0 atom stereocenters. The fourth-order valence-electron chi connectivity index (χ4n) is 3.23. The zero-order valence-corrected chi connectivity index (χ0v) is 17.0. The Morgan fingerprint density at radius 3 is 2.39 bits per heavy atom. The Labute approximate surface area is 170 Å². The summed E-state index contributed by atoms with van der Waals surface area (Å²) in [4.78, 5) is 26.7. The van der Waals surface area contributed by atoms with Crippen molar-refractivity contribution in [2.75, 3.05) is 19.7 Å². The van der Waals surface area contributed by atoms with Crippen molar-refractivity contribution in [1.82, 2.24) is 10.2 Å². The largest absolute Gasteiger partial charge is 0.484 e. The first-order valence-electron chi connectivity index (χ1n) is 9.46. The van der Waals surface area contributed by atoms with Gasteiger partial charge < -0.3 is 15.0 Å². The first-order chi connectivity index (χ1) is 13.4. The summed E-state index contributed by atoms with van der Waals surface area (Å²) in [6, 6.07) is 12.8. The van der Waals surface area contributed by atoms with E-state index in [1.807, 2.05) is 36.9 Å². The van der Waals surface area contributed by atoms with E-state index in [0.717, 1.165) is 24.0 Å². The van der Waals surface area contributed by atoms with Crippen molar-refractivity contribution in [3.8, 4) is 5.75 Å². The molecule has 1 N–H and O–H groups in total. The van der Waals surface area contributed by atoms with E-state index in [0.29, 0.717) is 23.9 Å². The zero-order valence-electron chi connectivity index (χ0n) is 16.2. The van der Waals surface area contributed by atoms with Crippen LogP contribution in [0.5, 0.6) is 5.75 Å². The third kappa shape index (κ3) is 5.26. The summed E-state index contributed by atoms with van der Waals surface area (Å²) >= 11 is 5.83. The lowest BCUT2D eigenvalue weighted by atomic mass is 10.0.